The highest BCUT2D eigenvalue weighted by atomic mass is 32.2. The minimum absolute atomic E-state index is 0.000914. The zero-order valence-corrected chi connectivity index (χ0v) is 23.1. The summed E-state index contributed by atoms with van der Waals surface area (Å²) in [7, 11) is 0. The number of rotatable bonds is 24. The van der Waals surface area contributed by atoms with Crippen molar-refractivity contribution in [3.8, 4) is 5.75 Å². The largest absolute Gasteiger partial charge is 0.494 e. The lowest BCUT2D eigenvalue weighted by Crippen LogP contribution is -2.05. The van der Waals surface area contributed by atoms with E-state index >= 15 is 0 Å². The van der Waals surface area contributed by atoms with E-state index in [-0.39, 0.29) is 5.97 Å². The minimum Gasteiger partial charge on any atom is -0.494 e. The fourth-order valence-electron chi connectivity index (χ4n) is 4.14. The Kier molecular flexibility index (Phi) is 21.4. The quantitative estimate of drug-likeness (QED) is 0.0817. The summed E-state index contributed by atoms with van der Waals surface area (Å²) in [6.07, 6.45) is 25.3. The third kappa shape index (κ3) is 19.2. The molecular weight excluding hydrogens is 440 g/mol. The van der Waals surface area contributed by atoms with Crippen molar-refractivity contribution in [2.45, 2.75) is 134 Å². The van der Waals surface area contributed by atoms with Gasteiger partial charge in [-0.15, -0.1) is 11.8 Å². The number of carbonyl (C=O) groups excluding carboxylic acids is 1. The molecule has 0 radical (unpaired) electrons. The van der Waals surface area contributed by atoms with Crippen LogP contribution in [0.5, 0.6) is 5.75 Å². The Morgan fingerprint density at radius 1 is 0.647 bits per heavy atom. The zero-order valence-electron chi connectivity index (χ0n) is 22.3. The second kappa shape index (κ2) is 23.6. The topological polar surface area (TPSA) is 35.5 Å². The first-order chi connectivity index (χ1) is 16.8. The van der Waals surface area contributed by atoms with E-state index in [9.17, 15) is 4.79 Å². The minimum atomic E-state index is -0.000914. The van der Waals surface area contributed by atoms with Crippen molar-refractivity contribution in [1.29, 1.82) is 0 Å². The van der Waals surface area contributed by atoms with Crippen LogP contribution in [-0.4, -0.2) is 25.4 Å². The first-order valence-corrected chi connectivity index (χ1v) is 15.4. The molecule has 1 aromatic rings. The van der Waals surface area contributed by atoms with Crippen LogP contribution in [0.1, 0.15) is 129 Å². The number of unbranched alkanes of at least 4 members (excludes halogenated alkanes) is 16. The number of esters is 1. The number of thioether (sulfide) groups is 1. The molecule has 0 atom stereocenters. The molecule has 4 heteroatoms. The maximum absolute atomic E-state index is 11.8. The number of ether oxygens (including phenoxy) is 2. The van der Waals surface area contributed by atoms with Gasteiger partial charge in [-0.2, -0.15) is 0 Å². The van der Waals surface area contributed by atoms with Gasteiger partial charge < -0.3 is 9.47 Å². The van der Waals surface area contributed by atoms with Crippen molar-refractivity contribution in [3.63, 3.8) is 0 Å². The molecule has 1 rings (SSSR count). The van der Waals surface area contributed by atoms with Gasteiger partial charge in [-0.1, -0.05) is 103 Å². The summed E-state index contributed by atoms with van der Waals surface area (Å²) >= 11 is 1.75. The summed E-state index contributed by atoms with van der Waals surface area (Å²) in [5, 5.41) is 0. The van der Waals surface area contributed by atoms with Crippen molar-refractivity contribution in [1.82, 2.24) is 0 Å². The highest BCUT2D eigenvalue weighted by Crippen LogP contribution is 2.19. The molecule has 0 fully saturated rings. The van der Waals surface area contributed by atoms with Crippen LogP contribution >= 0.6 is 11.8 Å². The molecule has 0 saturated carbocycles. The van der Waals surface area contributed by atoms with Gasteiger partial charge in [0, 0.05) is 11.3 Å². The van der Waals surface area contributed by atoms with Crippen LogP contribution < -0.4 is 4.74 Å². The van der Waals surface area contributed by atoms with E-state index in [1.807, 2.05) is 0 Å². The van der Waals surface area contributed by atoms with Crippen LogP contribution in [0.15, 0.2) is 29.2 Å². The van der Waals surface area contributed by atoms with Crippen LogP contribution in [0, 0.1) is 0 Å². The fraction of sp³-hybridized carbons (Fsp3) is 0.767. The number of hydrogen-bond acceptors (Lipinski definition) is 4. The van der Waals surface area contributed by atoms with Gasteiger partial charge in [-0.3, -0.25) is 4.79 Å². The second-order valence-corrected chi connectivity index (χ2v) is 10.4. The van der Waals surface area contributed by atoms with Crippen molar-refractivity contribution in [3.05, 3.63) is 24.3 Å². The molecule has 0 spiro atoms. The molecule has 0 unspecified atom stereocenters. The van der Waals surface area contributed by atoms with E-state index in [1.165, 1.54) is 94.8 Å². The summed E-state index contributed by atoms with van der Waals surface area (Å²) < 4.78 is 11.2. The molecule has 0 saturated heterocycles. The Labute approximate surface area is 215 Å². The Hall–Kier alpha value is -1.16. The molecule has 0 bridgehead atoms. The van der Waals surface area contributed by atoms with Crippen LogP contribution in [0.25, 0.3) is 0 Å². The molecule has 0 amide bonds. The lowest BCUT2D eigenvalue weighted by atomic mass is 10.1. The van der Waals surface area contributed by atoms with Gasteiger partial charge in [-0.25, -0.2) is 0 Å². The molecule has 0 heterocycles. The molecule has 0 aliphatic heterocycles. The van der Waals surface area contributed by atoms with E-state index in [0.29, 0.717) is 13.0 Å². The first-order valence-electron chi connectivity index (χ1n) is 14.2. The van der Waals surface area contributed by atoms with Crippen LogP contribution in [0.2, 0.25) is 0 Å². The average Bonchev–Trinajstić information content (AvgIpc) is 2.86. The van der Waals surface area contributed by atoms with E-state index in [2.05, 4.69) is 37.4 Å². The van der Waals surface area contributed by atoms with Gasteiger partial charge in [-0.05, 0) is 49.8 Å². The third-order valence-electron chi connectivity index (χ3n) is 6.36. The van der Waals surface area contributed by atoms with E-state index in [4.69, 9.17) is 9.47 Å². The number of carbonyl (C=O) groups is 1. The van der Waals surface area contributed by atoms with Gasteiger partial charge in [0.05, 0.1) is 13.2 Å². The third-order valence-corrected chi connectivity index (χ3v) is 7.11. The van der Waals surface area contributed by atoms with Crippen LogP contribution in [-0.2, 0) is 9.53 Å². The summed E-state index contributed by atoms with van der Waals surface area (Å²) in [6, 6.07) is 8.33. The monoisotopic (exact) mass is 492 g/mol. The van der Waals surface area contributed by atoms with E-state index < -0.39 is 0 Å². The predicted octanol–water partition coefficient (Wildman–Crippen LogP) is 9.76. The predicted molar refractivity (Wildman–Crippen MR) is 148 cm³/mol. The zero-order chi connectivity index (χ0) is 24.5. The molecule has 1 aromatic carbocycles. The lowest BCUT2D eigenvalue weighted by Gasteiger charge is -2.07. The molecular formula is C30H52O3S. The smallest absolute Gasteiger partial charge is 0.305 e. The second-order valence-electron chi connectivity index (χ2n) is 9.50. The highest BCUT2D eigenvalue weighted by Gasteiger charge is 2.03. The van der Waals surface area contributed by atoms with Crippen molar-refractivity contribution >= 4 is 17.7 Å². The molecule has 196 valence electrons. The van der Waals surface area contributed by atoms with Gasteiger partial charge >= 0.3 is 5.97 Å². The van der Waals surface area contributed by atoms with Crippen molar-refractivity contribution in [2.24, 2.45) is 0 Å². The average molecular weight is 493 g/mol. The van der Waals surface area contributed by atoms with Crippen molar-refractivity contribution < 1.29 is 14.3 Å². The molecule has 0 aromatic heterocycles. The Morgan fingerprint density at radius 2 is 1.12 bits per heavy atom. The maximum Gasteiger partial charge on any atom is 0.305 e. The lowest BCUT2D eigenvalue weighted by molar-refractivity contribution is -0.143. The molecule has 0 N–H and O–H groups in total. The van der Waals surface area contributed by atoms with Gasteiger partial charge in [0.1, 0.15) is 5.75 Å². The number of benzene rings is 1. The maximum atomic E-state index is 11.8. The SMILES string of the molecule is CCCCCCCCCCCCOC(=O)CCCCCCCCCCOc1ccc(SC)cc1. The Morgan fingerprint density at radius 3 is 1.65 bits per heavy atom. The molecule has 3 nitrogen and oxygen atoms in total. The van der Waals surface area contributed by atoms with Gasteiger partial charge in [0.2, 0.25) is 0 Å². The first kappa shape index (κ1) is 30.9. The normalized spacial score (nSPS) is 11.0. The summed E-state index contributed by atoms with van der Waals surface area (Å²) in [5.74, 6) is 0.971. The van der Waals surface area contributed by atoms with Gasteiger partial charge in [0.15, 0.2) is 0 Å². The van der Waals surface area contributed by atoms with E-state index in [1.54, 1.807) is 11.8 Å². The van der Waals surface area contributed by atoms with E-state index in [0.717, 1.165) is 38.0 Å². The Balaban J connectivity index is 1.76. The molecule has 0 aliphatic carbocycles. The van der Waals surface area contributed by atoms with Crippen LogP contribution in [0.3, 0.4) is 0 Å². The molecule has 0 aliphatic rings. The number of hydrogen-bond donors (Lipinski definition) is 0. The standard InChI is InChI=1S/C30H52O3S/c1-3-4-5-6-7-8-10-14-17-20-27-33-30(31)21-18-15-12-9-11-13-16-19-26-32-28-22-24-29(34-2)25-23-28/h22-25H,3-21,26-27H2,1-2H3. The summed E-state index contributed by atoms with van der Waals surface area (Å²) in [5.41, 5.74) is 0. The van der Waals surface area contributed by atoms with Crippen molar-refractivity contribution in [2.75, 3.05) is 19.5 Å². The van der Waals surface area contributed by atoms with Crippen LogP contribution in [0.4, 0.5) is 0 Å². The highest BCUT2D eigenvalue weighted by molar-refractivity contribution is 7.98. The summed E-state index contributed by atoms with van der Waals surface area (Å²) in [4.78, 5) is 13.1. The fourth-order valence-corrected chi connectivity index (χ4v) is 4.55. The summed E-state index contributed by atoms with van der Waals surface area (Å²) in [6.45, 7) is 3.68. The molecule has 34 heavy (non-hydrogen) atoms. The Bertz CT molecular complexity index is 573. The van der Waals surface area contributed by atoms with Gasteiger partial charge in [0.25, 0.3) is 0 Å².